The van der Waals surface area contributed by atoms with Crippen LogP contribution in [0.5, 0.6) is 5.75 Å². The number of benzene rings is 2. The van der Waals surface area contributed by atoms with Crippen LogP contribution in [-0.2, 0) is 0 Å². The fraction of sp³-hybridized carbons (Fsp3) is 0.182. The van der Waals surface area contributed by atoms with Gasteiger partial charge < -0.3 is 9.64 Å². The molecule has 1 aliphatic heterocycles. The number of methoxy groups -OCH3 is 1. The maximum Gasteiger partial charge on any atom is 0.139 e. The fourth-order valence-corrected chi connectivity index (χ4v) is 3.21. The van der Waals surface area contributed by atoms with Crippen LogP contribution in [0.3, 0.4) is 0 Å². The van der Waals surface area contributed by atoms with Crippen molar-refractivity contribution in [2.24, 2.45) is 0 Å². The molecule has 4 heteroatoms. The molecular weight excluding hydrogens is 332 g/mol. The van der Waals surface area contributed by atoms with E-state index in [-0.39, 0.29) is 11.3 Å². The zero-order valence-electron chi connectivity index (χ0n) is 15.1. The summed E-state index contributed by atoms with van der Waals surface area (Å²) >= 11 is 0. The van der Waals surface area contributed by atoms with Gasteiger partial charge in [0.2, 0.25) is 0 Å². The van der Waals surface area contributed by atoms with Gasteiger partial charge in [-0.2, -0.15) is 0 Å². The molecule has 0 aromatic heterocycles. The van der Waals surface area contributed by atoms with Crippen molar-refractivity contribution < 1.29 is 13.5 Å². The van der Waals surface area contributed by atoms with Crippen molar-refractivity contribution in [2.75, 3.05) is 13.7 Å². The Hall–Kier alpha value is -2.88. The third-order valence-electron chi connectivity index (χ3n) is 4.56. The first-order chi connectivity index (χ1) is 12.5. The number of hydrogen-bond donors (Lipinski definition) is 0. The molecule has 0 spiro atoms. The SMILES string of the molecule is C=C1C(C)=CC(c2ccccc2)=C(c2c(F)cc(OC)cc2F)N1CC. The average Bonchev–Trinajstić information content (AvgIpc) is 2.64. The molecule has 0 atom stereocenters. The Labute approximate surface area is 152 Å². The molecule has 1 aliphatic rings. The van der Waals surface area contributed by atoms with Gasteiger partial charge in [-0.05, 0) is 31.1 Å². The minimum atomic E-state index is -0.663. The lowest BCUT2D eigenvalue weighted by atomic mass is 9.91. The molecule has 2 aromatic carbocycles. The number of likely N-dealkylation sites (N-methyl/N-ethyl adjacent to an activating group) is 1. The van der Waals surface area contributed by atoms with Gasteiger partial charge in [0.15, 0.2) is 0 Å². The summed E-state index contributed by atoms with van der Waals surface area (Å²) in [6, 6.07) is 12.0. The smallest absolute Gasteiger partial charge is 0.139 e. The summed E-state index contributed by atoms with van der Waals surface area (Å²) in [6.07, 6.45) is 1.93. The van der Waals surface area contributed by atoms with Gasteiger partial charge in [-0.3, -0.25) is 0 Å². The van der Waals surface area contributed by atoms with Crippen LogP contribution >= 0.6 is 0 Å². The second-order valence-corrected chi connectivity index (χ2v) is 6.11. The van der Waals surface area contributed by atoms with E-state index in [0.717, 1.165) is 22.4 Å². The fourth-order valence-electron chi connectivity index (χ4n) is 3.21. The number of halogens is 2. The van der Waals surface area contributed by atoms with Crippen molar-refractivity contribution in [2.45, 2.75) is 13.8 Å². The molecule has 26 heavy (non-hydrogen) atoms. The van der Waals surface area contributed by atoms with E-state index in [9.17, 15) is 8.78 Å². The van der Waals surface area contributed by atoms with Gasteiger partial charge in [-0.1, -0.05) is 36.9 Å². The van der Waals surface area contributed by atoms with Gasteiger partial charge >= 0.3 is 0 Å². The maximum absolute atomic E-state index is 14.9. The first-order valence-corrected chi connectivity index (χ1v) is 8.46. The molecule has 0 saturated carbocycles. The summed E-state index contributed by atoms with van der Waals surface area (Å²) in [5.74, 6) is -1.18. The Kier molecular flexibility index (Phi) is 4.94. The third kappa shape index (κ3) is 3.03. The number of hydrogen-bond acceptors (Lipinski definition) is 2. The van der Waals surface area contributed by atoms with Crippen molar-refractivity contribution in [3.8, 4) is 5.75 Å². The molecule has 2 nitrogen and oxygen atoms in total. The molecule has 3 rings (SSSR count). The van der Waals surface area contributed by atoms with Gasteiger partial charge in [0.05, 0.1) is 18.4 Å². The standard InChI is InChI=1S/C22H21F2NO/c1-5-25-15(3)14(2)11-18(16-9-7-6-8-10-16)22(25)21-19(23)12-17(26-4)13-20(21)24/h6-13H,3,5H2,1-2,4H3. The quantitative estimate of drug-likeness (QED) is 0.705. The predicted molar refractivity (Wildman–Crippen MR) is 101 cm³/mol. The molecule has 0 radical (unpaired) electrons. The second-order valence-electron chi connectivity index (χ2n) is 6.11. The maximum atomic E-state index is 14.9. The van der Waals surface area contributed by atoms with Gasteiger partial charge in [0.25, 0.3) is 0 Å². The van der Waals surface area contributed by atoms with E-state index in [0.29, 0.717) is 12.2 Å². The van der Waals surface area contributed by atoms with Gasteiger partial charge in [0, 0.05) is 29.9 Å². The van der Waals surface area contributed by atoms with Crippen LogP contribution in [-0.4, -0.2) is 18.6 Å². The van der Waals surface area contributed by atoms with Crippen molar-refractivity contribution in [3.05, 3.63) is 89.2 Å². The minimum absolute atomic E-state index is 0.0728. The average molecular weight is 353 g/mol. The highest BCUT2D eigenvalue weighted by Gasteiger charge is 2.28. The van der Waals surface area contributed by atoms with Crippen molar-refractivity contribution in [3.63, 3.8) is 0 Å². The number of rotatable bonds is 4. The third-order valence-corrected chi connectivity index (χ3v) is 4.56. The predicted octanol–water partition coefficient (Wildman–Crippen LogP) is 5.64. The van der Waals surface area contributed by atoms with E-state index < -0.39 is 11.6 Å². The Morgan fingerprint density at radius 2 is 1.69 bits per heavy atom. The zero-order chi connectivity index (χ0) is 18.8. The zero-order valence-corrected chi connectivity index (χ0v) is 15.1. The molecular formula is C22H21F2NO. The molecule has 0 fully saturated rings. The lowest BCUT2D eigenvalue weighted by Gasteiger charge is -2.34. The largest absolute Gasteiger partial charge is 0.497 e. The van der Waals surface area contributed by atoms with Crippen LogP contribution in [0.25, 0.3) is 11.3 Å². The Morgan fingerprint density at radius 3 is 2.23 bits per heavy atom. The molecule has 0 aliphatic carbocycles. The summed E-state index contributed by atoms with van der Waals surface area (Å²) in [6.45, 7) is 8.53. The van der Waals surface area contributed by atoms with Crippen molar-refractivity contribution in [1.29, 1.82) is 0 Å². The van der Waals surface area contributed by atoms with E-state index in [4.69, 9.17) is 4.74 Å². The number of allylic oxidation sites excluding steroid dienone is 3. The van der Waals surface area contributed by atoms with Crippen LogP contribution < -0.4 is 4.74 Å². The Bertz CT molecular complexity index is 890. The van der Waals surface area contributed by atoms with Crippen molar-refractivity contribution >= 4 is 11.3 Å². The minimum Gasteiger partial charge on any atom is -0.497 e. The van der Waals surface area contributed by atoms with Crippen LogP contribution in [0.2, 0.25) is 0 Å². The van der Waals surface area contributed by atoms with Gasteiger partial charge in [-0.25, -0.2) is 8.78 Å². The normalized spacial score (nSPS) is 14.6. The molecule has 0 saturated heterocycles. The molecule has 1 heterocycles. The van der Waals surface area contributed by atoms with Crippen LogP contribution in [0, 0.1) is 11.6 Å². The summed E-state index contributed by atoms with van der Waals surface area (Å²) < 4.78 is 34.7. The monoisotopic (exact) mass is 353 g/mol. The van der Waals surface area contributed by atoms with E-state index in [1.807, 2.05) is 55.2 Å². The van der Waals surface area contributed by atoms with Crippen LogP contribution in [0.4, 0.5) is 8.78 Å². The highest BCUT2D eigenvalue weighted by atomic mass is 19.1. The lowest BCUT2D eigenvalue weighted by Crippen LogP contribution is -2.26. The van der Waals surface area contributed by atoms with Gasteiger partial charge in [0.1, 0.15) is 17.4 Å². The highest BCUT2D eigenvalue weighted by Crippen LogP contribution is 2.41. The molecule has 2 aromatic rings. The van der Waals surface area contributed by atoms with E-state index in [1.54, 1.807) is 0 Å². The van der Waals surface area contributed by atoms with Gasteiger partial charge in [-0.15, -0.1) is 0 Å². The summed E-state index contributed by atoms with van der Waals surface area (Å²) in [4.78, 5) is 1.85. The first-order valence-electron chi connectivity index (χ1n) is 8.46. The lowest BCUT2D eigenvalue weighted by molar-refractivity contribution is 0.405. The highest BCUT2D eigenvalue weighted by molar-refractivity contribution is 5.98. The first kappa shape index (κ1) is 17.9. The summed E-state index contributed by atoms with van der Waals surface area (Å²) in [5.41, 5.74) is 3.76. The molecule has 0 amide bonds. The Balaban J connectivity index is 2.36. The van der Waals surface area contributed by atoms with E-state index in [1.165, 1.54) is 19.2 Å². The topological polar surface area (TPSA) is 12.5 Å². The molecule has 0 unspecified atom stereocenters. The molecule has 0 N–H and O–H groups in total. The summed E-state index contributed by atoms with van der Waals surface area (Å²) in [5, 5.41) is 0. The summed E-state index contributed by atoms with van der Waals surface area (Å²) in [7, 11) is 1.38. The number of nitrogens with zero attached hydrogens (tertiary/aromatic N) is 1. The van der Waals surface area contributed by atoms with E-state index in [2.05, 4.69) is 6.58 Å². The molecule has 0 bridgehead atoms. The number of ether oxygens (including phenoxy) is 1. The van der Waals surface area contributed by atoms with Crippen LogP contribution in [0.15, 0.2) is 66.4 Å². The van der Waals surface area contributed by atoms with E-state index >= 15 is 0 Å². The van der Waals surface area contributed by atoms with Crippen molar-refractivity contribution in [1.82, 2.24) is 4.90 Å². The second kappa shape index (κ2) is 7.16. The van der Waals surface area contributed by atoms with Crippen LogP contribution in [0.1, 0.15) is 25.0 Å². The molecule has 134 valence electrons. The Morgan fingerprint density at radius 1 is 1.08 bits per heavy atom.